The van der Waals surface area contributed by atoms with Crippen molar-refractivity contribution >= 4 is 5.97 Å². The minimum absolute atomic E-state index is 0.0440. The normalized spacial score (nSPS) is 16.3. The van der Waals surface area contributed by atoms with E-state index in [1.165, 1.54) is 0 Å². The highest BCUT2D eigenvalue weighted by Gasteiger charge is 2.46. The Bertz CT molecular complexity index is 653. The zero-order chi connectivity index (χ0) is 19.0. The fourth-order valence-electron chi connectivity index (χ4n) is 3.52. The van der Waals surface area contributed by atoms with Crippen molar-refractivity contribution in [2.75, 3.05) is 13.7 Å². The summed E-state index contributed by atoms with van der Waals surface area (Å²) in [5.41, 5.74) is 0.439. The van der Waals surface area contributed by atoms with E-state index in [2.05, 4.69) is 0 Å². The van der Waals surface area contributed by atoms with E-state index >= 15 is 0 Å². The Labute approximate surface area is 154 Å². The summed E-state index contributed by atoms with van der Waals surface area (Å²) in [5.74, 6) is 0.328. The van der Waals surface area contributed by atoms with Gasteiger partial charge in [0, 0.05) is 23.3 Å². The van der Waals surface area contributed by atoms with Gasteiger partial charge in [-0.25, -0.2) is 0 Å². The van der Waals surface area contributed by atoms with E-state index < -0.39 is 5.54 Å². The molecule has 1 aromatic rings. The maximum atomic E-state index is 12.2. The molecule has 0 fully saturated rings. The number of hydrogen-bond acceptors (Lipinski definition) is 5. The largest absolute Gasteiger partial charge is 0.497 e. The first kappa shape index (κ1) is 19.9. The molecule has 6 heteroatoms. The van der Waals surface area contributed by atoms with Gasteiger partial charge in [0.25, 0.3) is 0 Å². The Hall–Kier alpha value is -2.37. The Morgan fingerprint density at radius 1 is 1.27 bits per heavy atom. The second-order valence-corrected chi connectivity index (χ2v) is 6.59. The molecule has 1 aliphatic rings. The Morgan fingerprint density at radius 3 is 2.54 bits per heavy atom. The van der Waals surface area contributed by atoms with Gasteiger partial charge in [-0.1, -0.05) is 18.2 Å². The zero-order valence-corrected chi connectivity index (χ0v) is 15.5. The topological polar surface area (TPSA) is 78.7 Å². The van der Waals surface area contributed by atoms with Crippen LogP contribution in [0, 0.1) is 10.1 Å². The smallest absolute Gasteiger partial charge is 0.306 e. The summed E-state index contributed by atoms with van der Waals surface area (Å²) in [6.07, 6.45) is 6.02. The summed E-state index contributed by atoms with van der Waals surface area (Å²) in [5, 5.41) is 12.2. The van der Waals surface area contributed by atoms with Crippen molar-refractivity contribution in [3.63, 3.8) is 0 Å². The molecule has 6 nitrogen and oxygen atoms in total. The van der Waals surface area contributed by atoms with Gasteiger partial charge in [-0.2, -0.15) is 0 Å². The third-order valence-corrected chi connectivity index (χ3v) is 4.94. The second-order valence-electron chi connectivity index (χ2n) is 6.59. The molecular formula is C20H27NO5. The molecule has 0 aromatic heterocycles. The van der Waals surface area contributed by atoms with E-state index in [0.717, 1.165) is 30.4 Å². The molecule has 0 saturated carbocycles. The summed E-state index contributed by atoms with van der Waals surface area (Å²) in [6.45, 7) is 2.02. The first-order valence-corrected chi connectivity index (χ1v) is 9.14. The fraction of sp³-hybridized carbons (Fsp3) is 0.550. The number of ether oxygens (including phenoxy) is 2. The van der Waals surface area contributed by atoms with Gasteiger partial charge in [-0.05, 0) is 50.3 Å². The van der Waals surface area contributed by atoms with E-state index in [-0.39, 0.29) is 36.8 Å². The molecule has 1 unspecified atom stereocenters. The van der Waals surface area contributed by atoms with Crippen molar-refractivity contribution in [1.29, 1.82) is 0 Å². The van der Waals surface area contributed by atoms with Gasteiger partial charge in [-0.15, -0.1) is 0 Å². The molecule has 1 atom stereocenters. The molecule has 0 bridgehead atoms. The highest BCUT2D eigenvalue weighted by molar-refractivity contribution is 5.69. The molecule has 1 aromatic carbocycles. The van der Waals surface area contributed by atoms with Gasteiger partial charge < -0.3 is 9.47 Å². The van der Waals surface area contributed by atoms with Crippen molar-refractivity contribution < 1.29 is 19.2 Å². The van der Waals surface area contributed by atoms with Crippen LogP contribution in [0.4, 0.5) is 0 Å². The Morgan fingerprint density at radius 2 is 2.00 bits per heavy atom. The summed E-state index contributed by atoms with van der Waals surface area (Å²) < 4.78 is 10.1. The van der Waals surface area contributed by atoms with Crippen LogP contribution in [-0.2, 0) is 16.0 Å². The summed E-state index contributed by atoms with van der Waals surface area (Å²) in [7, 11) is 1.59. The molecule has 142 valence electrons. The predicted octanol–water partition coefficient (Wildman–Crippen LogP) is 4.10. The van der Waals surface area contributed by atoms with Crippen LogP contribution in [0.25, 0.3) is 0 Å². The average molecular weight is 361 g/mol. The molecule has 0 N–H and O–H groups in total. The van der Waals surface area contributed by atoms with E-state index in [4.69, 9.17) is 9.47 Å². The minimum atomic E-state index is -1.26. The maximum Gasteiger partial charge on any atom is 0.306 e. The monoisotopic (exact) mass is 361 g/mol. The SMILES string of the molecule is CCOC(=O)CCC(Cc1ccc(OC)cc1)(C1=CCCCC1)[N+](=O)[O-]. The van der Waals surface area contributed by atoms with Gasteiger partial charge in [-0.3, -0.25) is 14.9 Å². The first-order chi connectivity index (χ1) is 12.5. The zero-order valence-electron chi connectivity index (χ0n) is 15.5. The second kappa shape index (κ2) is 9.36. The first-order valence-electron chi connectivity index (χ1n) is 9.14. The number of methoxy groups -OCH3 is 1. The van der Waals surface area contributed by atoms with Gasteiger partial charge in [0.15, 0.2) is 0 Å². The highest BCUT2D eigenvalue weighted by Crippen LogP contribution is 2.37. The van der Waals surface area contributed by atoms with Crippen LogP contribution < -0.4 is 4.74 Å². The molecule has 0 spiro atoms. The third-order valence-electron chi connectivity index (χ3n) is 4.94. The molecule has 0 radical (unpaired) electrons. The molecule has 0 heterocycles. The Balaban J connectivity index is 2.32. The van der Waals surface area contributed by atoms with E-state index in [1.54, 1.807) is 26.2 Å². The van der Waals surface area contributed by atoms with Crippen LogP contribution in [0.3, 0.4) is 0 Å². The lowest BCUT2D eigenvalue weighted by Gasteiger charge is -2.30. The lowest BCUT2D eigenvalue weighted by Crippen LogP contribution is -2.44. The quantitative estimate of drug-likeness (QED) is 0.286. The van der Waals surface area contributed by atoms with Gasteiger partial charge in [0.2, 0.25) is 5.54 Å². The number of hydrogen-bond donors (Lipinski definition) is 0. The van der Waals surface area contributed by atoms with Gasteiger partial charge in [0.05, 0.1) is 20.1 Å². The molecule has 1 aliphatic carbocycles. The third kappa shape index (κ3) is 4.84. The number of carbonyl (C=O) groups excluding carboxylic acids is 1. The van der Waals surface area contributed by atoms with Crippen LogP contribution in [0.1, 0.15) is 51.0 Å². The molecule has 26 heavy (non-hydrogen) atoms. The molecular weight excluding hydrogens is 334 g/mol. The summed E-state index contributed by atoms with van der Waals surface area (Å²) >= 11 is 0. The number of esters is 1. The standard InChI is InChI=1S/C20H27NO5/c1-3-26-19(22)13-14-20(21(23)24,17-7-5-4-6-8-17)15-16-9-11-18(25-2)12-10-16/h7,9-12H,3-6,8,13-15H2,1-2H3. The van der Waals surface area contributed by atoms with Crippen molar-refractivity contribution in [2.24, 2.45) is 0 Å². The van der Waals surface area contributed by atoms with Crippen molar-refractivity contribution in [3.05, 3.63) is 51.6 Å². The number of allylic oxidation sites excluding steroid dienone is 1. The van der Waals surface area contributed by atoms with E-state index in [1.807, 2.05) is 18.2 Å². The van der Waals surface area contributed by atoms with Crippen LogP contribution >= 0.6 is 0 Å². The van der Waals surface area contributed by atoms with Crippen LogP contribution in [0.15, 0.2) is 35.9 Å². The average Bonchev–Trinajstić information content (AvgIpc) is 2.66. The molecule has 2 rings (SSSR count). The molecule has 0 saturated heterocycles. The lowest BCUT2D eigenvalue weighted by molar-refractivity contribution is -0.559. The number of nitro groups is 1. The fourth-order valence-corrected chi connectivity index (χ4v) is 3.52. The number of nitrogens with zero attached hydrogens (tertiary/aromatic N) is 1. The number of rotatable bonds is 9. The van der Waals surface area contributed by atoms with Crippen LogP contribution in [-0.4, -0.2) is 30.1 Å². The lowest BCUT2D eigenvalue weighted by atomic mass is 9.76. The highest BCUT2D eigenvalue weighted by atomic mass is 16.6. The number of carbonyl (C=O) groups is 1. The van der Waals surface area contributed by atoms with Gasteiger partial charge >= 0.3 is 5.97 Å². The predicted molar refractivity (Wildman–Crippen MR) is 98.8 cm³/mol. The van der Waals surface area contributed by atoms with Crippen molar-refractivity contribution in [3.8, 4) is 5.75 Å². The molecule has 0 aliphatic heterocycles. The van der Waals surface area contributed by atoms with E-state index in [0.29, 0.717) is 12.2 Å². The Kier molecular flexibility index (Phi) is 7.18. The van der Waals surface area contributed by atoms with Crippen molar-refractivity contribution in [2.45, 2.75) is 57.4 Å². The van der Waals surface area contributed by atoms with Crippen molar-refractivity contribution in [1.82, 2.24) is 0 Å². The number of benzene rings is 1. The van der Waals surface area contributed by atoms with E-state index in [9.17, 15) is 14.9 Å². The minimum Gasteiger partial charge on any atom is -0.497 e. The maximum absolute atomic E-state index is 12.2. The van der Waals surface area contributed by atoms with Crippen LogP contribution in [0.5, 0.6) is 5.75 Å². The molecule has 0 amide bonds. The van der Waals surface area contributed by atoms with Crippen LogP contribution in [0.2, 0.25) is 0 Å². The van der Waals surface area contributed by atoms with Gasteiger partial charge in [0.1, 0.15) is 5.75 Å². The summed E-state index contributed by atoms with van der Waals surface area (Å²) in [4.78, 5) is 23.9. The summed E-state index contributed by atoms with van der Waals surface area (Å²) in [6, 6.07) is 7.32.